The SMILES string of the molecule is Cc1ccc(S(=O)(=O)O[C@H]2CN(C(=O)OC(C)(C)C)CC[C@H]2C)cc1. The maximum Gasteiger partial charge on any atom is 0.410 e. The van der Waals surface area contributed by atoms with Crippen LogP contribution >= 0.6 is 0 Å². The van der Waals surface area contributed by atoms with Crippen LogP contribution in [0.3, 0.4) is 0 Å². The van der Waals surface area contributed by atoms with Crippen molar-refractivity contribution in [2.24, 2.45) is 5.92 Å². The normalized spacial score (nSPS) is 21.9. The molecule has 6 nitrogen and oxygen atoms in total. The molecule has 0 bridgehead atoms. The van der Waals surface area contributed by atoms with Gasteiger partial charge in [0.05, 0.1) is 17.5 Å². The van der Waals surface area contributed by atoms with Crippen LogP contribution in [0.2, 0.25) is 0 Å². The number of piperidine rings is 1. The van der Waals surface area contributed by atoms with E-state index in [9.17, 15) is 13.2 Å². The van der Waals surface area contributed by atoms with E-state index in [2.05, 4.69) is 0 Å². The van der Waals surface area contributed by atoms with Gasteiger partial charge in [0.25, 0.3) is 10.1 Å². The quantitative estimate of drug-likeness (QED) is 0.764. The molecule has 0 spiro atoms. The third kappa shape index (κ3) is 5.44. The molecular formula is C18H27NO5S. The Kier molecular flexibility index (Phi) is 5.79. The van der Waals surface area contributed by atoms with Crippen LogP contribution in [0, 0.1) is 12.8 Å². The van der Waals surface area contributed by atoms with Crippen LogP contribution in [0.4, 0.5) is 4.79 Å². The number of hydrogen-bond donors (Lipinski definition) is 0. The average molecular weight is 369 g/mol. The molecule has 1 amide bonds. The summed E-state index contributed by atoms with van der Waals surface area (Å²) in [6.07, 6.45) is -0.374. The highest BCUT2D eigenvalue weighted by Gasteiger charge is 2.35. The van der Waals surface area contributed by atoms with Crippen LogP contribution in [-0.4, -0.2) is 44.2 Å². The number of amides is 1. The number of benzene rings is 1. The lowest BCUT2D eigenvalue weighted by molar-refractivity contribution is -0.00193. The summed E-state index contributed by atoms with van der Waals surface area (Å²) < 4.78 is 35.8. The molecule has 1 fully saturated rings. The predicted molar refractivity (Wildman–Crippen MR) is 94.8 cm³/mol. The van der Waals surface area contributed by atoms with Crippen LogP contribution in [-0.2, 0) is 19.0 Å². The molecule has 0 N–H and O–H groups in total. The molecule has 0 aromatic heterocycles. The fourth-order valence-electron chi connectivity index (χ4n) is 2.57. The average Bonchev–Trinajstić information content (AvgIpc) is 2.48. The number of hydrogen-bond acceptors (Lipinski definition) is 5. The van der Waals surface area contributed by atoms with Gasteiger partial charge >= 0.3 is 6.09 Å². The Hall–Kier alpha value is -1.60. The molecule has 25 heavy (non-hydrogen) atoms. The zero-order valence-corrected chi connectivity index (χ0v) is 16.3. The second kappa shape index (κ2) is 7.33. The molecule has 2 atom stereocenters. The Labute approximate surface area is 150 Å². The fraction of sp³-hybridized carbons (Fsp3) is 0.611. The Morgan fingerprint density at radius 1 is 1.20 bits per heavy atom. The summed E-state index contributed by atoms with van der Waals surface area (Å²) in [4.78, 5) is 13.9. The summed E-state index contributed by atoms with van der Waals surface area (Å²) >= 11 is 0. The molecule has 0 aliphatic carbocycles. The van der Waals surface area contributed by atoms with Gasteiger partial charge in [-0.25, -0.2) is 4.79 Å². The summed E-state index contributed by atoms with van der Waals surface area (Å²) in [5, 5.41) is 0. The number of aryl methyl sites for hydroxylation is 1. The number of nitrogens with zero attached hydrogens (tertiary/aromatic N) is 1. The molecule has 1 saturated heterocycles. The first kappa shape index (κ1) is 19.7. The molecule has 1 aromatic rings. The fourth-order valence-corrected chi connectivity index (χ4v) is 3.73. The van der Waals surface area contributed by atoms with E-state index in [0.717, 1.165) is 5.56 Å². The van der Waals surface area contributed by atoms with Gasteiger partial charge in [0, 0.05) is 6.54 Å². The van der Waals surface area contributed by atoms with Crippen LogP contribution in [0.1, 0.15) is 39.7 Å². The van der Waals surface area contributed by atoms with E-state index >= 15 is 0 Å². The zero-order valence-electron chi connectivity index (χ0n) is 15.5. The molecule has 7 heteroatoms. The van der Waals surface area contributed by atoms with Gasteiger partial charge in [-0.1, -0.05) is 24.6 Å². The molecule has 0 unspecified atom stereocenters. The molecule has 1 aromatic carbocycles. The Morgan fingerprint density at radius 3 is 2.36 bits per heavy atom. The lowest BCUT2D eigenvalue weighted by Crippen LogP contribution is -2.49. The number of rotatable bonds is 3. The number of ether oxygens (including phenoxy) is 1. The largest absolute Gasteiger partial charge is 0.444 e. The summed E-state index contributed by atoms with van der Waals surface area (Å²) in [6.45, 7) is 9.94. The van der Waals surface area contributed by atoms with Crippen molar-refractivity contribution in [3.05, 3.63) is 29.8 Å². The summed E-state index contributed by atoms with van der Waals surface area (Å²) in [7, 11) is -3.87. The molecular weight excluding hydrogens is 342 g/mol. The van der Waals surface area contributed by atoms with Gasteiger partial charge in [0.2, 0.25) is 0 Å². The minimum atomic E-state index is -3.87. The first-order valence-corrected chi connectivity index (χ1v) is 9.87. The van der Waals surface area contributed by atoms with Crippen LogP contribution in [0.25, 0.3) is 0 Å². The zero-order chi connectivity index (χ0) is 18.8. The van der Waals surface area contributed by atoms with Crippen molar-refractivity contribution < 1.29 is 22.1 Å². The lowest BCUT2D eigenvalue weighted by atomic mass is 9.96. The second-order valence-corrected chi connectivity index (χ2v) is 9.17. The van der Waals surface area contributed by atoms with Crippen molar-refractivity contribution in [3.8, 4) is 0 Å². The van der Waals surface area contributed by atoms with Crippen molar-refractivity contribution in [3.63, 3.8) is 0 Å². The van der Waals surface area contributed by atoms with Gasteiger partial charge in [-0.2, -0.15) is 8.42 Å². The Balaban J connectivity index is 2.09. The first-order chi connectivity index (χ1) is 11.5. The topological polar surface area (TPSA) is 72.9 Å². The highest BCUT2D eigenvalue weighted by atomic mass is 32.2. The summed E-state index contributed by atoms with van der Waals surface area (Å²) in [5.41, 5.74) is 0.380. The maximum absolute atomic E-state index is 12.5. The van der Waals surface area contributed by atoms with Gasteiger partial charge < -0.3 is 9.64 Å². The molecule has 1 aliphatic rings. The van der Waals surface area contributed by atoms with Crippen molar-refractivity contribution in [2.75, 3.05) is 13.1 Å². The van der Waals surface area contributed by atoms with E-state index in [-0.39, 0.29) is 17.4 Å². The molecule has 0 radical (unpaired) electrons. The van der Waals surface area contributed by atoms with Crippen molar-refractivity contribution in [1.29, 1.82) is 0 Å². The Bertz CT molecular complexity index is 706. The third-order valence-electron chi connectivity index (χ3n) is 4.10. The van der Waals surface area contributed by atoms with Crippen LogP contribution in [0.5, 0.6) is 0 Å². The third-order valence-corrected chi connectivity index (χ3v) is 5.45. The van der Waals surface area contributed by atoms with Gasteiger partial charge in [-0.3, -0.25) is 4.18 Å². The van der Waals surface area contributed by atoms with Crippen molar-refractivity contribution >= 4 is 16.2 Å². The highest BCUT2D eigenvalue weighted by molar-refractivity contribution is 7.86. The smallest absolute Gasteiger partial charge is 0.410 e. The van der Waals surface area contributed by atoms with Crippen LogP contribution < -0.4 is 0 Å². The van der Waals surface area contributed by atoms with E-state index in [1.165, 1.54) is 17.0 Å². The minimum Gasteiger partial charge on any atom is -0.444 e. The minimum absolute atomic E-state index is 0.0268. The van der Waals surface area contributed by atoms with E-state index in [1.54, 1.807) is 32.9 Å². The van der Waals surface area contributed by atoms with Crippen LogP contribution in [0.15, 0.2) is 29.2 Å². The summed E-state index contributed by atoms with van der Waals surface area (Å²) in [6, 6.07) is 6.52. The molecule has 0 saturated carbocycles. The lowest BCUT2D eigenvalue weighted by Gasteiger charge is -2.37. The van der Waals surface area contributed by atoms with Gasteiger partial charge in [-0.15, -0.1) is 0 Å². The number of carbonyl (C=O) groups is 1. The second-order valence-electron chi connectivity index (χ2n) is 7.59. The van der Waals surface area contributed by atoms with Gasteiger partial charge in [-0.05, 0) is 52.2 Å². The van der Waals surface area contributed by atoms with Gasteiger partial charge in [0.15, 0.2) is 0 Å². The van der Waals surface area contributed by atoms with Crippen molar-refractivity contribution in [2.45, 2.75) is 57.6 Å². The number of carbonyl (C=O) groups excluding carboxylic acids is 1. The van der Waals surface area contributed by atoms with Crippen molar-refractivity contribution in [1.82, 2.24) is 4.90 Å². The van der Waals surface area contributed by atoms with E-state index in [1.807, 2.05) is 13.8 Å². The first-order valence-electron chi connectivity index (χ1n) is 8.46. The number of likely N-dealkylation sites (tertiary alicyclic amines) is 1. The van der Waals surface area contributed by atoms with E-state index in [0.29, 0.717) is 13.0 Å². The monoisotopic (exact) mass is 369 g/mol. The molecule has 140 valence electrons. The Morgan fingerprint density at radius 2 is 1.80 bits per heavy atom. The summed E-state index contributed by atoms with van der Waals surface area (Å²) in [5.74, 6) is 0.0268. The van der Waals surface area contributed by atoms with E-state index in [4.69, 9.17) is 8.92 Å². The van der Waals surface area contributed by atoms with Gasteiger partial charge in [0.1, 0.15) is 5.60 Å². The molecule has 1 aliphatic heterocycles. The standard InChI is InChI=1S/C18H27NO5S/c1-13-6-8-15(9-7-13)25(21,22)24-16-12-19(11-10-14(16)2)17(20)23-18(3,4)5/h6-9,14,16H,10-12H2,1-5H3/t14-,16+/m1/s1. The highest BCUT2D eigenvalue weighted by Crippen LogP contribution is 2.25. The van der Waals surface area contributed by atoms with E-state index < -0.39 is 27.9 Å². The maximum atomic E-state index is 12.5. The molecule has 1 heterocycles. The molecule has 2 rings (SSSR count). The predicted octanol–water partition coefficient (Wildman–Crippen LogP) is 3.35.